The average Bonchev–Trinajstić information content (AvgIpc) is 4.39. The van der Waals surface area contributed by atoms with Gasteiger partial charge in [0.05, 0.1) is 17.1 Å². The molecule has 0 saturated heterocycles. The van der Waals surface area contributed by atoms with Crippen molar-refractivity contribution in [3.05, 3.63) is 277 Å². The minimum atomic E-state index is -0.386. The van der Waals surface area contributed by atoms with E-state index in [2.05, 4.69) is 292 Å². The predicted molar refractivity (Wildman–Crippen MR) is 341 cm³/mol. The Kier molecular flexibility index (Phi) is 10.4. The first-order valence-corrected chi connectivity index (χ1v) is 28.1. The van der Waals surface area contributed by atoms with Crippen LogP contribution >= 0.6 is 0 Å². The van der Waals surface area contributed by atoms with Crippen LogP contribution in [0, 0.1) is 13.8 Å². The van der Waals surface area contributed by atoms with Crippen LogP contribution in [0.15, 0.2) is 264 Å². The lowest BCUT2D eigenvalue weighted by Crippen LogP contribution is -2.17. The highest BCUT2D eigenvalue weighted by Gasteiger charge is 2.41. The van der Waals surface area contributed by atoms with Crippen molar-refractivity contribution in [3.8, 4) is 33.4 Å². The van der Waals surface area contributed by atoms with Gasteiger partial charge in [-0.2, -0.15) is 0 Å². The minimum Gasteiger partial charge on any atom is -0.453 e. The van der Waals surface area contributed by atoms with Crippen LogP contribution < -0.4 is 9.80 Å². The molecule has 0 spiro atoms. The normalized spacial score (nSPS) is 12.8. The van der Waals surface area contributed by atoms with Crippen LogP contribution in [-0.2, 0) is 5.41 Å². The van der Waals surface area contributed by atoms with Crippen molar-refractivity contribution in [1.29, 1.82) is 0 Å². The average molecular weight is 1040 g/mol. The third kappa shape index (κ3) is 6.96. The van der Waals surface area contributed by atoms with E-state index in [1.165, 1.54) is 76.8 Å². The van der Waals surface area contributed by atoms with Gasteiger partial charge in [-0.15, -0.1) is 0 Å². The molecule has 4 nitrogen and oxygen atoms in total. The molecule has 16 rings (SSSR count). The highest BCUT2D eigenvalue weighted by atomic mass is 16.3. The second-order valence-electron chi connectivity index (χ2n) is 22.4. The van der Waals surface area contributed by atoms with E-state index in [9.17, 15) is 0 Å². The van der Waals surface area contributed by atoms with Crippen LogP contribution in [-0.4, -0.2) is 0 Å². The van der Waals surface area contributed by atoms with E-state index in [1.54, 1.807) is 0 Å². The molecule has 81 heavy (non-hydrogen) atoms. The Bertz CT molecular complexity index is 5060. The van der Waals surface area contributed by atoms with Crippen molar-refractivity contribution in [2.45, 2.75) is 33.1 Å². The molecule has 0 fully saturated rings. The fourth-order valence-corrected chi connectivity index (χ4v) is 13.9. The number of fused-ring (bicyclic) bond motifs is 16. The number of nitrogens with zero attached hydrogens (tertiary/aromatic N) is 2. The van der Waals surface area contributed by atoms with E-state index in [4.69, 9.17) is 8.83 Å². The molecule has 384 valence electrons. The van der Waals surface area contributed by atoms with Gasteiger partial charge in [0.1, 0.15) is 11.2 Å². The SMILES string of the molecule is Cc1ccccc1-c1cccc2c1oc1c(N(c3ccccc3)c3ccc4c5c(c6ccccc6c4c3)-c3cc(N(c4ccccc4)c4cccc6c4oc4c(-c7ccccc7C)cccc46)c4ccccc4c3C5(C)C)cccc12. The molecule has 1 aliphatic carbocycles. The quantitative estimate of drug-likeness (QED) is 0.142. The monoisotopic (exact) mass is 1040 g/mol. The summed E-state index contributed by atoms with van der Waals surface area (Å²) >= 11 is 0. The number of furan rings is 2. The molecule has 0 N–H and O–H groups in total. The highest BCUT2D eigenvalue weighted by molar-refractivity contribution is 6.22. The summed E-state index contributed by atoms with van der Waals surface area (Å²) in [6.07, 6.45) is 0. The fraction of sp³-hybridized carbons (Fsp3) is 0.0649. The summed E-state index contributed by atoms with van der Waals surface area (Å²) in [5, 5.41) is 11.7. The second kappa shape index (κ2) is 17.9. The fourth-order valence-electron chi connectivity index (χ4n) is 13.9. The maximum Gasteiger partial charge on any atom is 0.159 e. The van der Waals surface area contributed by atoms with E-state index in [1.807, 2.05) is 0 Å². The summed E-state index contributed by atoms with van der Waals surface area (Å²) in [6.45, 7) is 9.22. The molecular weight excluding hydrogens is 985 g/mol. The van der Waals surface area contributed by atoms with Gasteiger partial charge in [-0.25, -0.2) is 0 Å². The molecule has 0 radical (unpaired) electrons. The molecular formula is C77H54N2O2. The topological polar surface area (TPSA) is 32.8 Å². The molecule has 2 aromatic heterocycles. The Labute approximate surface area is 470 Å². The zero-order valence-corrected chi connectivity index (χ0v) is 45.5. The summed E-state index contributed by atoms with van der Waals surface area (Å²) in [4.78, 5) is 4.81. The molecule has 0 unspecified atom stereocenters. The van der Waals surface area contributed by atoms with Crippen molar-refractivity contribution in [3.63, 3.8) is 0 Å². The van der Waals surface area contributed by atoms with Gasteiger partial charge in [-0.05, 0) is 140 Å². The molecule has 1 aliphatic rings. The van der Waals surface area contributed by atoms with Crippen LogP contribution in [0.2, 0.25) is 0 Å². The zero-order chi connectivity index (χ0) is 54.1. The van der Waals surface area contributed by atoms with Crippen molar-refractivity contribution in [2.24, 2.45) is 0 Å². The van der Waals surface area contributed by atoms with Gasteiger partial charge in [0.25, 0.3) is 0 Å². The molecule has 0 atom stereocenters. The molecule has 0 aliphatic heterocycles. The van der Waals surface area contributed by atoms with Crippen LogP contribution in [0.3, 0.4) is 0 Å². The van der Waals surface area contributed by atoms with Crippen molar-refractivity contribution in [1.82, 2.24) is 0 Å². The number of anilines is 6. The van der Waals surface area contributed by atoms with E-state index in [-0.39, 0.29) is 5.41 Å². The van der Waals surface area contributed by atoms with Gasteiger partial charge in [0, 0.05) is 60.5 Å². The van der Waals surface area contributed by atoms with Crippen LogP contribution in [0.4, 0.5) is 34.1 Å². The van der Waals surface area contributed by atoms with E-state index >= 15 is 0 Å². The lowest BCUT2D eigenvalue weighted by Gasteiger charge is -2.30. The van der Waals surface area contributed by atoms with Crippen LogP contribution in [0.5, 0.6) is 0 Å². The second-order valence-corrected chi connectivity index (χ2v) is 22.4. The number of hydrogen-bond donors (Lipinski definition) is 0. The summed E-state index contributed by atoms with van der Waals surface area (Å²) in [5.41, 5.74) is 21.5. The molecule has 15 aromatic rings. The lowest BCUT2D eigenvalue weighted by atomic mass is 9.77. The standard InChI is InChI=1S/C77H54N2O2/c1-47-23-11-13-29-52(47)59-35-19-37-61-63-39-21-41-67(75(63)80-73(59)61)78(49-25-7-5-8-26-49)51-43-44-58-65(45-51)54-31-15-17-33-56(54)70-66-46-69(55-32-16-18-34-57(55)71(66)77(3,4)72(58)70)79(50-27-9-6-10-28-50)68-42-22-40-64-62-38-20-36-60(74(62)81-76(64)68)53-30-14-12-24-48(53)2/h5-46H,1-4H3. The summed E-state index contributed by atoms with van der Waals surface area (Å²) in [7, 11) is 0. The highest BCUT2D eigenvalue weighted by Crippen LogP contribution is 2.59. The first-order chi connectivity index (χ1) is 39.8. The summed E-state index contributed by atoms with van der Waals surface area (Å²) in [5.74, 6) is 0. The van der Waals surface area contributed by atoms with Crippen LogP contribution in [0.25, 0.3) is 110 Å². The molecule has 2 heterocycles. The van der Waals surface area contributed by atoms with Crippen LogP contribution in [0.1, 0.15) is 36.1 Å². The number of hydrogen-bond acceptors (Lipinski definition) is 4. The van der Waals surface area contributed by atoms with Gasteiger partial charge in [0.2, 0.25) is 0 Å². The Morgan fingerprint density at radius 1 is 0.272 bits per heavy atom. The maximum atomic E-state index is 7.24. The summed E-state index contributed by atoms with van der Waals surface area (Å²) < 4.78 is 14.4. The van der Waals surface area contributed by atoms with E-state index in [0.29, 0.717) is 0 Å². The van der Waals surface area contributed by atoms with Gasteiger partial charge in [-0.3, -0.25) is 0 Å². The molecule has 0 saturated carbocycles. The molecule has 13 aromatic carbocycles. The maximum absolute atomic E-state index is 7.24. The van der Waals surface area contributed by atoms with Gasteiger partial charge in [-0.1, -0.05) is 214 Å². The van der Waals surface area contributed by atoms with Crippen molar-refractivity contribution < 1.29 is 8.83 Å². The Balaban J connectivity index is 0.920. The Morgan fingerprint density at radius 3 is 1.28 bits per heavy atom. The predicted octanol–water partition coefficient (Wildman–Crippen LogP) is 22.1. The van der Waals surface area contributed by atoms with Crippen molar-refractivity contribution >= 4 is 110 Å². The Morgan fingerprint density at radius 2 is 0.704 bits per heavy atom. The number of benzene rings is 13. The largest absolute Gasteiger partial charge is 0.453 e. The molecule has 0 amide bonds. The molecule has 0 bridgehead atoms. The zero-order valence-electron chi connectivity index (χ0n) is 45.5. The third-order valence-electron chi connectivity index (χ3n) is 17.4. The summed E-state index contributed by atoms with van der Waals surface area (Å²) in [6, 6.07) is 92.7. The van der Waals surface area contributed by atoms with Gasteiger partial charge in [0.15, 0.2) is 11.2 Å². The minimum absolute atomic E-state index is 0.386. The van der Waals surface area contributed by atoms with Gasteiger partial charge >= 0.3 is 0 Å². The van der Waals surface area contributed by atoms with Gasteiger partial charge < -0.3 is 18.6 Å². The smallest absolute Gasteiger partial charge is 0.159 e. The van der Waals surface area contributed by atoms with Crippen molar-refractivity contribution in [2.75, 3.05) is 9.80 Å². The molecule has 4 heteroatoms. The first-order valence-electron chi connectivity index (χ1n) is 28.1. The number of rotatable bonds is 8. The number of para-hydroxylation sites is 6. The van der Waals surface area contributed by atoms with E-state index < -0.39 is 0 Å². The lowest BCUT2D eigenvalue weighted by molar-refractivity contribution is 0.669. The third-order valence-corrected chi connectivity index (χ3v) is 17.4. The Hall–Kier alpha value is -10.2. The number of aryl methyl sites for hydroxylation is 2. The first kappa shape index (κ1) is 46.9. The van der Waals surface area contributed by atoms with E-state index in [0.717, 1.165) is 89.1 Å².